The number of aromatic amines is 1. The molecule has 0 aliphatic carbocycles. The lowest BCUT2D eigenvalue weighted by Gasteiger charge is -1.87. The van der Waals surface area contributed by atoms with E-state index >= 15 is 0 Å². The van der Waals surface area contributed by atoms with Crippen molar-refractivity contribution in [2.24, 2.45) is 0 Å². The lowest BCUT2D eigenvalue weighted by Crippen LogP contribution is -2.22. The Hall–Kier alpha value is -1.24. The molecule has 0 aliphatic rings. The molecule has 1 nitrogen and oxygen atoms in total. The molecule has 0 unspecified atom stereocenters. The van der Waals surface area contributed by atoms with E-state index in [1.807, 2.05) is 6.92 Å². The minimum atomic E-state index is 1.21. The van der Waals surface area contributed by atoms with E-state index in [0.717, 1.165) is 0 Å². The van der Waals surface area contributed by atoms with Crippen molar-refractivity contribution in [1.29, 1.82) is 0 Å². The molecular formula is C12H17N. The molecule has 0 atom stereocenters. The first kappa shape index (κ1) is 9.85. The van der Waals surface area contributed by atoms with Crippen LogP contribution < -0.4 is 10.6 Å². The Bertz CT molecular complexity index is 419. The lowest BCUT2D eigenvalue weighted by atomic mass is 10.2. The van der Waals surface area contributed by atoms with Crippen molar-refractivity contribution in [3.63, 3.8) is 0 Å². The molecular weight excluding hydrogens is 158 g/mol. The topological polar surface area (TPSA) is 15.8 Å². The van der Waals surface area contributed by atoms with Gasteiger partial charge >= 0.3 is 0 Å². The van der Waals surface area contributed by atoms with Gasteiger partial charge in [-0.3, -0.25) is 0 Å². The second kappa shape index (κ2) is 4.13. The predicted molar refractivity (Wildman–Crippen MR) is 59.8 cm³/mol. The number of hydrogen-bond acceptors (Lipinski definition) is 0. The van der Waals surface area contributed by atoms with Gasteiger partial charge in [0.25, 0.3) is 0 Å². The highest BCUT2D eigenvalue weighted by Crippen LogP contribution is 1.98. The first-order valence-electron chi connectivity index (χ1n) is 4.68. The molecule has 1 N–H and O–H groups in total. The van der Waals surface area contributed by atoms with Crippen molar-refractivity contribution < 1.29 is 0 Å². The Morgan fingerprint density at radius 3 is 2.15 bits per heavy atom. The highest BCUT2D eigenvalue weighted by molar-refractivity contribution is 5.51. The Labute approximate surface area is 79.5 Å². The van der Waals surface area contributed by atoms with Crippen LogP contribution in [0, 0.1) is 6.92 Å². The summed E-state index contributed by atoms with van der Waals surface area (Å²) in [6.45, 7) is 8.30. The third-order valence-corrected chi connectivity index (χ3v) is 2.28. The van der Waals surface area contributed by atoms with Gasteiger partial charge in [0.2, 0.25) is 0 Å². The lowest BCUT2D eigenvalue weighted by molar-refractivity contribution is 1.28. The van der Waals surface area contributed by atoms with Crippen molar-refractivity contribution in [2.45, 2.75) is 27.7 Å². The van der Waals surface area contributed by atoms with E-state index in [0.29, 0.717) is 0 Å². The third kappa shape index (κ3) is 1.74. The zero-order valence-corrected chi connectivity index (χ0v) is 8.81. The minimum absolute atomic E-state index is 1.21. The number of nitrogens with one attached hydrogen (secondary N) is 1. The van der Waals surface area contributed by atoms with Crippen molar-refractivity contribution in [2.75, 3.05) is 0 Å². The highest BCUT2D eigenvalue weighted by atomic mass is 14.7. The van der Waals surface area contributed by atoms with Gasteiger partial charge in [-0.2, -0.15) is 0 Å². The van der Waals surface area contributed by atoms with E-state index in [1.165, 1.54) is 21.8 Å². The smallest absolute Gasteiger partial charge is 0.0417 e. The molecule has 1 heteroatoms. The molecule has 70 valence electrons. The summed E-state index contributed by atoms with van der Waals surface area (Å²) >= 11 is 0. The molecule has 13 heavy (non-hydrogen) atoms. The molecule has 0 radical (unpaired) electrons. The van der Waals surface area contributed by atoms with Crippen molar-refractivity contribution >= 4 is 18.2 Å². The van der Waals surface area contributed by atoms with Crippen LogP contribution in [0.3, 0.4) is 0 Å². The summed E-state index contributed by atoms with van der Waals surface area (Å²) in [7, 11) is 0. The average Bonchev–Trinajstić information content (AvgIpc) is 2.44. The maximum absolute atomic E-state index is 3.38. The summed E-state index contributed by atoms with van der Waals surface area (Å²) in [6, 6.07) is 0. The molecule has 0 amide bonds. The van der Waals surface area contributed by atoms with Crippen LogP contribution >= 0.6 is 0 Å². The predicted octanol–water partition coefficient (Wildman–Crippen LogP) is 1.96. The summed E-state index contributed by atoms with van der Waals surface area (Å²) in [6.07, 6.45) is 8.41. The molecule has 1 rings (SSSR count). The first-order valence-corrected chi connectivity index (χ1v) is 4.68. The Kier molecular flexibility index (Phi) is 3.13. The molecule has 0 aliphatic heterocycles. The monoisotopic (exact) mass is 175 g/mol. The Morgan fingerprint density at radius 2 is 1.77 bits per heavy atom. The summed E-state index contributed by atoms with van der Waals surface area (Å²) < 4.78 is 0. The molecule has 0 aromatic carbocycles. The summed E-state index contributed by atoms with van der Waals surface area (Å²) in [5.41, 5.74) is 2.54. The van der Waals surface area contributed by atoms with Crippen LogP contribution in [0.4, 0.5) is 0 Å². The average molecular weight is 175 g/mol. The van der Waals surface area contributed by atoms with Gasteiger partial charge in [0.15, 0.2) is 0 Å². The maximum atomic E-state index is 3.38. The van der Waals surface area contributed by atoms with Gasteiger partial charge in [-0.15, -0.1) is 0 Å². The van der Waals surface area contributed by atoms with Crippen molar-refractivity contribution in [1.82, 2.24) is 4.98 Å². The van der Waals surface area contributed by atoms with Gasteiger partial charge in [0, 0.05) is 11.0 Å². The van der Waals surface area contributed by atoms with Crippen LogP contribution in [-0.4, -0.2) is 4.98 Å². The van der Waals surface area contributed by atoms with E-state index in [1.54, 1.807) is 0 Å². The molecule has 0 saturated carbocycles. The minimum Gasteiger partial charge on any atom is -0.355 e. The van der Waals surface area contributed by atoms with E-state index in [4.69, 9.17) is 0 Å². The highest BCUT2D eigenvalue weighted by Gasteiger charge is 1.98. The number of hydrogen-bond donors (Lipinski definition) is 1. The number of allylic oxidation sites excluding steroid dienone is 1. The standard InChI is InChI=1S/C12H17N/c1-5-8-12-9(4)10(6-2)11(7-3)13-12/h5-8,13H,1-4H3/b8-5-,10-6-,11-7+. The number of aromatic nitrogens is 1. The largest absolute Gasteiger partial charge is 0.355 e. The molecule has 0 fully saturated rings. The van der Waals surface area contributed by atoms with Gasteiger partial charge in [-0.05, 0) is 44.6 Å². The molecule has 1 aromatic heterocycles. The van der Waals surface area contributed by atoms with Crippen LogP contribution in [-0.2, 0) is 0 Å². The zero-order valence-electron chi connectivity index (χ0n) is 8.81. The fourth-order valence-electron chi connectivity index (χ4n) is 1.59. The van der Waals surface area contributed by atoms with Gasteiger partial charge in [0.05, 0.1) is 0 Å². The Balaban J connectivity index is 3.55. The summed E-state index contributed by atoms with van der Waals surface area (Å²) in [5.74, 6) is 0. The second-order valence-corrected chi connectivity index (χ2v) is 3.07. The summed E-state index contributed by atoms with van der Waals surface area (Å²) in [5, 5.41) is 2.53. The molecule has 0 bridgehead atoms. The van der Waals surface area contributed by atoms with Crippen molar-refractivity contribution in [3.05, 3.63) is 27.9 Å². The van der Waals surface area contributed by atoms with Crippen LogP contribution in [0.5, 0.6) is 0 Å². The zero-order chi connectivity index (χ0) is 9.84. The SMILES string of the molecule is C/C=C\c1[nH]c(=C/C)/c(=C\C)c1C. The van der Waals surface area contributed by atoms with E-state index in [9.17, 15) is 0 Å². The van der Waals surface area contributed by atoms with Gasteiger partial charge in [-0.1, -0.05) is 18.2 Å². The normalized spacial score (nSPS) is 14.8. The van der Waals surface area contributed by atoms with E-state index in [2.05, 4.69) is 50.1 Å². The van der Waals surface area contributed by atoms with Gasteiger partial charge in [-0.25, -0.2) is 0 Å². The first-order chi connectivity index (χ1) is 6.24. The maximum Gasteiger partial charge on any atom is 0.0417 e. The van der Waals surface area contributed by atoms with Crippen LogP contribution in [0.25, 0.3) is 18.2 Å². The second-order valence-electron chi connectivity index (χ2n) is 3.07. The third-order valence-electron chi connectivity index (χ3n) is 2.28. The van der Waals surface area contributed by atoms with Crippen LogP contribution in [0.1, 0.15) is 32.0 Å². The van der Waals surface area contributed by atoms with Crippen LogP contribution in [0.2, 0.25) is 0 Å². The molecule has 0 saturated heterocycles. The number of H-pyrrole nitrogens is 1. The fourth-order valence-corrected chi connectivity index (χ4v) is 1.59. The van der Waals surface area contributed by atoms with E-state index < -0.39 is 0 Å². The Morgan fingerprint density at radius 1 is 1.08 bits per heavy atom. The quantitative estimate of drug-likeness (QED) is 0.671. The van der Waals surface area contributed by atoms with Crippen molar-refractivity contribution in [3.8, 4) is 0 Å². The molecule has 1 aromatic rings. The van der Waals surface area contributed by atoms with Gasteiger partial charge in [0.1, 0.15) is 0 Å². The van der Waals surface area contributed by atoms with Gasteiger partial charge < -0.3 is 4.98 Å². The summed E-state index contributed by atoms with van der Waals surface area (Å²) in [4.78, 5) is 3.38. The molecule has 0 spiro atoms. The number of rotatable bonds is 1. The molecule has 1 heterocycles. The fraction of sp³-hybridized carbons (Fsp3) is 0.333. The van der Waals surface area contributed by atoms with Crippen LogP contribution in [0.15, 0.2) is 6.08 Å². The van der Waals surface area contributed by atoms with E-state index in [-0.39, 0.29) is 0 Å².